The summed E-state index contributed by atoms with van der Waals surface area (Å²) in [6, 6.07) is 9.07. The van der Waals surface area contributed by atoms with Crippen LogP contribution in [0.25, 0.3) is 0 Å². The van der Waals surface area contributed by atoms with Crippen molar-refractivity contribution in [3.63, 3.8) is 0 Å². The van der Waals surface area contributed by atoms with Crippen LogP contribution in [0.4, 0.5) is 0 Å². The van der Waals surface area contributed by atoms with E-state index in [0.717, 1.165) is 5.56 Å². The number of sulfonamides is 1. The molecule has 0 N–H and O–H groups in total. The van der Waals surface area contributed by atoms with Crippen molar-refractivity contribution in [1.29, 1.82) is 0 Å². The van der Waals surface area contributed by atoms with Gasteiger partial charge in [0.15, 0.2) is 23.0 Å². The molecule has 0 aliphatic carbocycles. The molecule has 8 nitrogen and oxygen atoms in total. The van der Waals surface area contributed by atoms with Crippen LogP contribution in [0.2, 0.25) is 0 Å². The first kappa shape index (κ1) is 23.2. The maximum atomic E-state index is 13.3. The first-order valence-corrected chi connectivity index (χ1v) is 11.4. The number of aryl methyl sites for hydroxylation is 1. The van der Waals surface area contributed by atoms with Gasteiger partial charge in [0, 0.05) is 38.8 Å². The van der Waals surface area contributed by atoms with Gasteiger partial charge in [-0.2, -0.15) is 4.31 Å². The standard InChI is InChI=1S/C22H30N2O6S/c1-16-12-19(28-3)21(30-5)14-22(16)31(25,26)24-10-8-23(9-11-24)15-17-6-7-18(27-2)20(13-17)29-4/h6-7,12-14H,8-11,15H2,1-5H3. The van der Waals surface area contributed by atoms with Crippen molar-refractivity contribution in [2.24, 2.45) is 0 Å². The third-order valence-electron chi connectivity index (χ3n) is 5.48. The zero-order chi connectivity index (χ0) is 22.6. The van der Waals surface area contributed by atoms with E-state index in [1.165, 1.54) is 18.5 Å². The van der Waals surface area contributed by atoms with Crippen LogP contribution < -0.4 is 18.9 Å². The van der Waals surface area contributed by atoms with E-state index in [2.05, 4.69) is 4.90 Å². The van der Waals surface area contributed by atoms with E-state index in [9.17, 15) is 8.42 Å². The number of nitrogens with zero attached hydrogens (tertiary/aromatic N) is 2. The summed E-state index contributed by atoms with van der Waals surface area (Å²) >= 11 is 0. The fourth-order valence-electron chi connectivity index (χ4n) is 3.74. The monoisotopic (exact) mass is 450 g/mol. The lowest BCUT2D eigenvalue weighted by molar-refractivity contribution is 0.181. The second kappa shape index (κ2) is 9.76. The Hall–Kier alpha value is -2.49. The Morgan fingerprint density at radius 3 is 1.90 bits per heavy atom. The SMILES string of the molecule is COc1ccc(CN2CCN(S(=O)(=O)c3cc(OC)c(OC)cc3C)CC2)cc1OC. The summed E-state index contributed by atoms with van der Waals surface area (Å²) in [6.45, 7) is 4.60. The van der Waals surface area contributed by atoms with Crippen LogP contribution in [0.5, 0.6) is 23.0 Å². The highest BCUT2D eigenvalue weighted by Crippen LogP contribution is 2.34. The van der Waals surface area contributed by atoms with Gasteiger partial charge in [0.25, 0.3) is 0 Å². The molecule has 31 heavy (non-hydrogen) atoms. The lowest BCUT2D eigenvalue weighted by Gasteiger charge is -2.34. The highest BCUT2D eigenvalue weighted by atomic mass is 32.2. The average molecular weight is 451 g/mol. The lowest BCUT2D eigenvalue weighted by atomic mass is 10.1. The molecular weight excluding hydrogens is 420 g/mol. The zero-order valence-corrected chi connectivity index (χ0v) is 19.5. The molecule has 1 aliphatic heterocycles. The molecule has 1 saturated heterocycles. The van der Waals surface area contributed by atoms with Gasteiger partial charge in [0.05, 0.1) is 33.3 Å². The van der Waals surface area contributed by atoms with E-state index < -0.39 is 10.0 Å². The van der Waals surface area contributed by atoms with Crippen LogP contribution >= 0.6 is 0 Å². The fraction of sp³-hybridized carbons (Fsp3) is 0.455. The number of ether oxygens (including phenoxy) is 4. The Kier molecular flexibility index (Phi) is 7.30. The molecule has 1 fully saturated rings. The molecule has 0 unspecified atom stereocenters. The minimum Gasteiger partial charge on any atom is -0.493 e. The lowest BCUT2D eigenvalue weighted by Crippen LogP contribution is -2.48. The molecule has 0 amide bonds. The highest BCUT2D eigenvalue weighted by molar-refractivity contribution is 7.89. The van der Waals surface area contributed by atoms with Crippen LogP contribution in [-0.2, 0) is 16.6 Å². The van der Waals surface area contributed by atoms with Gasteiger partial charge in [-0.3, -0.25) is 4.90 Å². The van der Waals surface area contributed by atoms with Gasteiger partial charge in [-0.1, -0.05) is 6.07 Å². The van der Waals surface area contributed by atoms with Gasteiger partial charge in [0.1, 0.15) is 0 Å². The normalized spacial score (nSPS) is 15.5. The molecule has 1 aliphatic rings. The molecule has 170 valence electrons. The second-order valence-electron chi connectivity index (χ2n) is 7.34. The van der Waals surface area contributed by atoms with E-state index in [1.54, 1.807) is 33.3 Å². The van der Waals surface area contributed by atoms with E-state index in [4.69, 9.17) is 18.9 Å². The number of benzene rings is 2. The molecule has 2 aromatic rings. The predicted octanol–water partition coefficient (Wildman–Crippen LogP) is 2.54. The molecular formula is C22H30N2O6S. The summed E-state index contributed by atoms with van der Waals surface area (Å²) in [7, 11) is 2.62. The Balaban J connectivity index is 1.70. The third-order valence-corrected chi connectivity index (χ3v) is 7.52. The topological polar surface area (TPSA) is 77.5 Å². The Morgan fingerprint density at radius 1 is 0.774 bits per heavy atom. The summed E-state index contributed by atoms with van der Waals surface area (Å²) in [5.41, 5.74) is 1.72. The molecule has 0 bridgehead atoms. The Bertz CT molecular complexity index is 1020. The summed E-state index contributed by atoms with van der Waals surface area (Å²) in [5.74, 6) is 2.29. The minimum atomic E-state index is -3.63. The van der Waals surface area contributed by atoms with Gasteiger partial charge < -0.3 is 18.9 Å². The van der Waals surface area contributed by atoms with Crippen molar-refractivity contribution in [2.45, 2.75) is 18.4 Å². The largest absolute Gasteiger partial charge is 0.493 e. The molecule has 2 aromatic carbocycles. The van der Waals surface area contributed by atoms with Crippen molar-refractivity contribution in [3.05, 3.63) is 41.5 Å². The van der Waals surface area contributed by atoms with Crippen LogP contribution in [0.1, 0.15) is 11.1 Å². The Labute approximate surface area is 184 Å². The number of piperazine rings is 1. The van der Waals surface area contributed by atoms with Crippen molar-refractivity contribution >= 4 is 10.0 Å². The van der Waals surface area contributed by atoms with Crippen LogP contribution in [0.15, 0.2) is 35.2 Å². The first-order valence-electron chi connectivity index (χ1n) is 10.00. The van der Waals surface area contributed by atoms with Crippen LogP contribution in [-0.4, -0.2) is 72.2 Å². The number of methoxy groups -OCH3 is 4. The minimum absolute atomic E-state index is 0.249. The number of hydrogen-bond acceptors (Lipinski definition) is 7. The zero-order valence-electron chi connectivity index (χ0n) is 18.7. The van der Waals surface area contributed by atoms with Crippen molar-refractivity contribution < 1.29 is 27.4 Å². The summed E-state index contributed by atoms with van der Waals surface area (Å²) < 4.78 is 49.3. The maximum Gasteiger partial charge on any atom is 0.243 e. The van der Waals surface area contributed by atoms with Gasteiger partial charge in [-0.25, -0.2) is 8.42 Å². The third kappa shape index (κ3) is 4.89. The van der Waals surface area contributed by atoms with E-state index in [0.29, 0.717) is 61.3 Å². The second-order valence-corrected chi connectivity index (χ2v) is 9.25. The van der Waals surface area contributed by atoms with E-state index in [1.807, 2.05) is 18.2 Å². The molecule has 1 heterocycles. The molecule has 0 saturated carbocycles. The van der Waals surface area contributed by atoms with Crippen LogP contribution in [0.3, 0.4) is 0 Å². The summed E-state index contributed by atoms with van der Waals surface area (Å²) in [4.78, 5) is 2.48. The molecule has 0 radical (unpaired) electrons. The molecule has 3 rings (SSSR count). The average Bonchev–Trinajstić information content (AvgIpc) is 2.78. The van der Waals surface area contributed by atoms with Gasteiger partial charge in [-0.15, -0.1) is 0 Å². The van der Waals surface area contributed by atoms with Gasteiger partial charge >= 0.3 is 0 Å². The van der Waals surface area contributed by atoms with Gasteiger partial charge in [-0.05, 0) is 36.2 Å². The van der Waals surface area contributed by atoms with Crippen molar-refractivity contribution in [2.75, 3.05) is 54.6 Å². The van der Waals surface area contributed by atoms with Crippen molar-refractivity contribution in [3.8, 4) is 23.0 Å². The first-order chi connectivity index (χ1) is 14.8. The quantitative estimate of drug-likeness (QED) is 0.612. The fourth-order valence-corrected chi connectivity index (χ4v) is 5.39. The molecule has 0 atom stereocenters. The summed E-state index contributed by atoms with van der Waals surface area (Å²) in [5, 5.41) is 0. The predicted molar refractivity (Wildman–Crippen MR) is 118 cm³/mol. The molecule has 0 spiro atoms. The number of hydrogen-bond donors (Lipinski definition) is 0. The Morgan fingerprint density at radius 2 is 1.32 bits per heavy atom. The number of rotatable bonds is 8. The maximum absolute atomic E-state index is 13.3. The molecule has 9 heteroatoms. The summed E-state index contributed by atoms with van der Waals surface area (Å²) in [6.07, 6.45) is 0. The smallest absolute Gasteiger partial charge is 0.243 e. The van der Waals surface area contributed by atoms with E-state index in [-0.39, 0.29) is 4.90 Å². The van der Waals surface area contributed by atoms with E-state index >= 15 is 0 Å². The highest BCUT2D eigenvalue weighted by Gasteiger charge is 2.30. The molecule has 0 aromatic heterocycles. The van der Waals surface area contributed by atoms with Gasteiger partial charge in [0.2, 0.25) is 10.0 Å². The van der Waals surface area contributed by atoms with Crippen LogP contribution in [0, 0.1) is 6.92 Å². The van der Waals surface area contributed by atoms with Crippen molar-refractivity contribution in [1.82, 2.24) is 9.21 Å².